The molecule has 1 atom stereocenters. The summed E-state index contributed by atoms with van der Waals surface area (Å²) in [6.07, 6.45) is 1.62. The average molecular weight is 296 g/mol. The van der Waals surface area contributed by atoms with Gasteiger partial charge in [-0.3, -0.25) is 0 Å². The van der Waals surface area contributed by atoms with Gasteiger partial charge in [0.2, 0.25) is 0 Å². The molecule has 0 saturated heterocycles. The van der Waals surface area contributed by atoms with E-state index < -0.39 is 0 Å². The first-order valence-electron chi connectivity index (χ1n) is 6.55. The molecule has 0 aliphatic heterocycles. The van der Waals surface area contributed by atoms with Crippen LogP contribution in [0.15, 0.2) is 22.7 Å². The predicted octanol–water partition coefficient (Wildman–Crippen LogP) is 2.89. The molecule has 1 aromatic heterocycles. The van der Waals surface area contributed by atoms with Gasteiger partial charge in [0.25, 0.3) is 5.89 Å². The maximum atomic E-state index is 6.20. The molecule has 1 unspecified atom stereocenters. The fraction of sp³-hybridized carbons (Fsp3) is 0.429. The lowest BCUT2D eigenvalue weighted by atomic mass is 10.0. The molecule has 20 heavy (non-hydrogen) atoms. The van der Waals surface area contributed by atoms with Gasteiger partial charge in [-0.05, 0) is 31.4 Å². The molecule has 6 heteroatoms. The number of aryl methyl sites for hydroxylation is 1. The quantitative estimate of drug-likeness (QED) is 0.887. The number of aromatic nitrogens is 2. The third-order valence-electron chi connectivity index (χ3n) is 2.96. The number of hydrogen-bond acceptors (Lipinski definition) is 5. The van der Waals surface area contributed by atoms with E-state index in [2.05, 4.69) is 17.1 Å². The molecule has 0 spiro atoms. The number of para-hydroxylation sites is 1. The fourth-order valence-corrected chi connectivity index (χ4v) is 2.08. The lowest BCUT2D eigenvalue weighted by Crippen LogP contribution is -2.21. The number of nitrogens with two attached hydrogens (primary N) is 1. The Balaban J connectivity index is 2.12. The van der Waals surface area contributed by atoms with E-state index >= 15 is 0 Å². The summed E-state index contributed by atoms with van der Waals surface area (Å²) in [5.74, 6) is 1.64. The zero-order chi connectivity index (χ0) is 14.5. The van der Waals surface area contributed by atoms with Crippen molar-refractivity contribution in [1.82, 2.24) is 10.1 Å². The molecule has 1 heterocycles. The number of hydrogen-bond donors (Lipinski definition) is 1. The van der Waals surface area contributed by atoms with Crippen molar-refractivity contribution in [2.24, 2.45) is 5.73 Å². The SMILES string of the molecule is CCC(N)Cc1cccc(Cl)c1OCc1nc(C)no1. The van der Waals surface area contributed by atoms with E-state index in [1.807, 2.05) is 12.1 Å². The maximum absolute atomic E-state index is 6.20. The van der Waals surface area contributed by atoms with Crippen molar-refractivity contribution in [3.05, 3.63) is 40.5 Å². The molecule has 108 valence electrons. The molecule has 0 aliphatic carbocycles. The van der Waals surface area contributed by atoms with Gasteiger partial charge >= 0.3 is 0 Å². The molecule has 0 aliphatic rings. The molecule has 2 N–H and O–H groups in total. The van der Waals surface area contributed by atoms with Gasteiger partial charge < -0.3 is 15.0 Å². The highest BCUT2D eigenvalue weighted by Crippen LogP contribution is 2.30. The minimum atomic E-state index is 0.0847. The highest BCUT2D eigenvalue weighted by atomic mass is 35.5. The lowest BCUT2D eigenvalue weighted by Gasteiger charge is -2.14. The topological polar surface area (TPSA) is 74.2 Å². The smallest absolute Gasteiger partial charge is 0.264 e. The largest absolute Gasteiger partial charge is 0.482 e. The van der Waals surface area contributed by atoms with Gasteiger partial charge in [-0.15, -0.1) is 0 Å². The molecule has 2 aromatic rings. The van der Waals surface area contributed by atoms with Crippen LogP contribution in [0.2, 0.25) is 5.02 Å². The molecule has 0 bridgehead atoms. The van der Waals surface area contributed by atoms with Crippen LogP contribution in [0.1, 0.15) is 30.6 Å². The third-order valence-corrected chi connectivity index (χ3v) is 3.26. The second-order valence-corrected chi connectivity index (χ2v) is 5.03. The van der Waals surface area contributed by atoms with E-state index in [4.69, 9.17) is 26.6 Å². The molecule has 0 amide bonds. The Labute approximate surface area is 123 Å². The first-order valence-corrected chi connectivity index (χ1v) is 6.93. The first kappa shape index (κ1) is 14.8. The number of rotatable bonds is 6. The van der Waals surface area contributed by atoms with E-state index in [1.165, 1.54) is 0 Å². The van der Waals surface area contributed by atoms with Crippen molar-refractivity contribution in [1.29, 1.82) is 0 Å². The second kappa shape index (κ2) is 6.72. The maximum Gasteiger partial charge on any atom is 0.264 e. The van der Waals surface area contributed by atoms with Gasteiger partial charge in [0.05, 0.1) is 5.02 Å². The molecule has 0 radical (unpaired) electrons. The Kier molecular flexibility index (Phi) is 4.98. The summed E-state index contributed by atoms with van der Waals surface area (Å²) in [6.45, 7) is 4.00. The minimum Gasteiger partial charge on any atom is -0.482 e. The van der Waals surface area contributed by atoms with Crippen LogP contribution in [-0.2, 0) is 13.0 Å². The van der Waals surface area contributed by atoms with Crippen LogP contribution in [0.5, 0.6) is 5.75 Å². The number of ether oxygens (including phenoxy) is 1. The first-order chi connectivity index (χ1) is 9.60. The van der Waals surface area contributed by atoms with E-state index in [0.717, 1.165) is 18.4 Å². The van der Waals surface area contributed by atoms with Gasteiger partial charge in [0.1, 0.15) is 5.75 Å². The van der Waals surface area contributed by atoms with Crippen molar-refractivity contribution in [2.45, 2.75) is 39.3 Å². The summed E-state index contributed by atoms with van der Waals surface area (Å²) in [7, 11) is 0. The van der Waals surface area contributed by atoms with Gasteiger partial charge in [0, 0.05) is 6.04 Å². The number of benzene rings is 1. The number of halogens is 1. The molecule has 0 saturated carbocycles. The number of nitrogens with zero attached hydrogens (tertiary/aromatic N) is 2. The van der Waals surface area contributed by atoms with Gasteiger partial charge in [0.15, 0.2) is 12.4 Å². The molecule has 5 nitrogen and oxygen atoms in total. The summed E-state index contributed by atoms with van der Waals surface area (Å²) in [6, 6.07) is 5.73. The van der Waals surface area contributed by atoms with Crippen LogP contribution >= 0.6 is 11.6 Å². The Hall–Kier alpha value is -1.59. The summed E-state index contributed by atoms with van der Waals surface area (Å²) < 4.78 is 10.7. The monoisotopic (exact) mass is 295 g/mol. The normalized spacial score (nSPS) is 12.4. The molecule has 0 fully saturated rings. The van der Waals surface area contributed by atoms with E-state index in [0.29, 0.717) is 22.5 Å². The minimum absolute atomic E-state index is 0.0847. The van der Waals surface area contributed by atoms with Crippen molar-refractivity contribution < 1.29 is 9.26 Å². The second-order valence-electron chi connectivity index (χ2n) is 4.62. The van der Waals surface area contributed by atoms with Gasteiger partial charge in [-0.2, -0.15) is 4.98 Å². The molecular formula is C14H18ClN3O2. The van der Waals surface area contributed by atoms with Crippen molar-refractivity contribution in [3.8, 4) is 5.75 Å². The standard InChI is InChI=1S/C14H18ClN3O2/c1-3-11(16)7-10-5-4-6-12(15)14(10)19-8-13-17-9(2)18-20-13/h4-6,11H,3,7-8,16H2,1-2H3. The van der Waals surface area contributed by atoms with Crippen molar-refractivity contribution >= 4 is 11.6 Å². The van der Waals surface area contributed by atoms with Crippen LogP contribution in [0.25, 0.3) is 0 Å². The van der Waals surface area contributed by atoms with Crippen molar-refractivity contribution in [3.63, 3.8) is 0 Å². The van der Waals surface area contributed by atoms with Crippen LogP contribution in [0, 0.1) is 6.92 Å². The Bertz CT molecular complexity index is 571. The lowest BCUT2D eigenvalue weighted by molar-refractivity contribution is 0.240. The zero-order valence-corrected chi connectivity index (χ0v) is 12.4. The van der Waals surface area contributed by atoms with Crippen LogP contribution < -0.4 is 10.5 Å². The van der Waals surface area contributed by atoms with Crippen LogP contribution in [0.3, 0.4) is 0 Å². The van der Waals surface area contributed by atoms with Crippen molar-refractivity contribution in [2.75, 3.05) is 0 Å². The summed E-state index contributed by atoms with van der Waals surface area (Å²) in [4.78, 5) is 4.09. The predicted molar refractivity (Wildman–Crippen MR) is 76.8 cm³/mol. The van der Waals surface area contributed by atoms with Crippen LogP contribution in [0.4, 0.5) is 0 Å². The Morgan fingerprint density at radius 3 is 2.90 bits per heavy atom. The molecule has 1 aromatic carbocycles. The van der Waals surface area contributed by atoms with E-state index in [1.54, 1.807) is 13.0 Å². The van der Waals surface area contributed by atoms with E-state index in [9.17, 15) is 0 Å². The molecule has 2 rings (SSSR count). The van der Waals surface area contributed by atoms with Crippen LogP contribution in [-0.4, -0.2) is 16.2 Å². The highest BCUT2D eigenvalue weighted by molar-refractivity contribution is 6.32. The van der Waals surface area contributed by atoms with Gasteiger partial charge in [-0.25, -0.2) is 0 Å². The fourth-order valence-electron chi connectivity index (χ4n) is 1.84. The van der Waals surface area contributed by atoms with Gasteiger partial charge in [-0.1, -0.05) is 35.8 Å². The summed E-state index contributed by atoms with van der Waals surface area (Å²) >= 11 is 6.20. The Morgan fingerprint density at radius 1 is 1.45 bits per heavy atom. The summed E-state index contributed by atoms with van der Waals surface area (Å²) in [5, 5.41) is 4.27. The Morgan fingerprint density at radius 2 is 2.25 bits per heavy atom. The summed E-state index contributed by atoms with van der Waals surface area (Å²) in [5.41, 5.74) is 6.98. The zero-order valence-electron chi connectivity index (χ0n) is 11.6. The highest BCUT2D eigenvalue weighted by Gasteiger charge is 2.13. The molecular weight excluding hydrogens is 278 g/mol. The third kappa shape index (κ3) is 3.71. The van der Waals surface area contributed by atoms with E-state index in [-0.39, 0.29) is 12.6 Å². The average Bonchev–Trinajstić information content (AvgIpc) is 2.83.